The van der Waals surface area contributed by atoms with Crippen LogP contribution in [0.2, 0.25) is 0 Å². The fourth-order valence-corrected chi connectivity index (χ4v) is 0.764. The minimum atomic E-state index is 1.08. The second kappa shape index (κ2) is 7.33. The van der Waals surface area contributed by atoms with E-state index in [2.05, 4.69) is 38.2 Å². The van der Waals surface area contributed by atoms with E-state index in [1.807, 2.05) is 13.0 Å². The van der Waals surface area contributed by atoms with Crippen molar-refractivity contribution in [2.75, 3.05) is 0 Å². The summed E-state index contributed by atoms with van der Waals surface area (Å²) in [7, 11) is 0. The van der Waals surface area contributed by atoms with Crippen molar-refractivity contribution in [3.05, 3.63) is 36.0 Å². The van der Waals surface area contributed by atoms with Crippen LogP contribution >= 0.6 is 0 Å². The van der Waals surface area contributed by atoms with Crippen LogP contribution in [0.5, 0.6) is 0 Å². The third-order valence-corrected chi connectivity index (χ3v) is 1.42. The van der Waals surface area contributed by atoms with E-state index in [1.165, 1.54) is 5.57 Å². The molecule has 0 saturated carbocycles. The highest BCUT2D eigenvalue weighted by Crippen LogP contribution is 2.01. The van der Waals surface area contributed by atoms with Crippen molar-refractivity contribution in [1.29, 1.82) is 0 Å². The molecular formula is C11H18. The topological polar surface area (TPSA) is 0 Å². The minimum Gasteiger partial charge on any atom is -0.0885 e. The van der Waals surface area contributed by atoms with Gasteiger partial charge in [0, 0.05) is 0 Å². The first-order valence-electron chi connectivity index (χ1n) is 4.24. The molecule has 0 rings (SSSR count). The molecule has 0 aromatic heterocycles. The minimum absolute atomic E-state index is 1.08. The second-order valence-corrected chi connectivity index (χ2v) is 2.62. The fraction of sp³-hybridized carbons (Fsp3) is 0.455. The molecule has 0 aromatic carbocycles. The lowest BCUT2D eigenvalue weighted by Crippen LogP contribution is -1.70. The second-order valence-electron chi connectivity index (χ2n) is 2.62. The Kier molecular flexibility index (Phi) is 6.81. The number of rotatable bonds is 4. The lowest BCUT2D eigenvalue weighted by molar-refractivity contribution is 1.16. The Labute approximate surface area is 70.3 Å². The lowest BCUT2D eigenvalue weighted by Gasteiger charge is -1.91. The molecule has 11 heavy (non-hydrogen) atoms. The molecule has 0 heterocycles. The van der Waals surface area contributed by atoms with Gasteiger partial charge in [0.2, 0.25) is 0 Å². The van der Waals surface area contributed by atoms with Gasteiger partial charge in [-0.1, -0.05) is 42.9 Å². The van der Waals surface area contributed by atoms with E-state index in [0.29, 0.717) is 0 Å². The highest BCUT2D eigenvalue weighted by molar-refractivity contribution is 5.12. The molecule has 0 aromatic rings. The van der Waals surface area contributed by atoms with Gasteiger partial charge in [-0.2, -0.15) is 0 Å². The van der Waals surface area contributed by atoms with Gasteiger partial charge in [-0.3, -0.25) is 0 Å². The van der Waals surface area contributed by atoms with Crippen LogP contribution in [0, 0.1) is 0 Å². The van der Waals surface area contributed by atoms with Crippen LogP contribution in [-0.2, 0) is 0 Å². The van der Waals surface area contributed by atoms with Crippen LogP contribution < -0.4 is 0 Å². The summed E-state index contributed by atoms with van der Waals surface area (Å²) in [6.07, 6.45) is 12.9. The summed E-state index contributed by atoms with van der Waals surface area (Å²) in [4.78, 5) is 0. The van der Waals surface area contributed by atoms with Crippen LogP contribution in [0.4, 0.5) is 0 Å². The molecule has 0 amide bonds. The lowest BCUT2D eigenvalue weighted by atomic mass is 10.2. The van der Waals surface area contributed by atoms with Crippen LogP contribution in [0.15, 0.2) is 36.0 Å². The number of hydrogen-bond acceptors (Lipinski definition) is 0. The van der Waals surface area contributed by atoms with Gasteiger partial charge in [0.1, 0.15) is 0 Å². The zero-order valence-electron chi connectivity index (χ0n) is 7.80. The van der Waals surface area contributed by atoms with Gasteiger partial charge in [0.05, 0.1) is 0 Å². The van der Waals surface area contributed by atoms with E-state index in [9.17, 15) is 0 Å². The molecule has 0 fully saturated rings. The molecule has 0 nitrogen and oxygen atoms in total. The first kappa shape index (κ1) is 10.2. The summed E-state index contributed by atoms with van der Waals surface area (Å²) in [5, 5.41) is 0. The standard InChI is InChI=1S/C11H18/c1-4-6-8-10-11(3)9-7-5-2/h5-9H,4,10H2,1-3H3/b7-5-,8-6-,11-9+. The van der Waals surface area contributed by atoms with Crippen LogP contribution in [0.3, 0.4) is 0 Å². The van der Waals surface area contributed by atoms with E-state index in [1.54, 1.807) is 0 Å². The summed E-state index contributed by atoms with van der Waals surface area (Å²) < 4.78 is 0. The fourth-order valence-electron chi connectivity index (χ4n) is 0.764. The molecular weight excluding hydrogens is 132 g/mol. The molecule has 0 aliphatic heterocycles. The highest BCUT2D eigenvalue weighted by atomic mass is 13.9. The molecule has 0 atom stereocenters. The van der Waals surface area contributed by atoms with Crippen molar-refractivity contribution in [2.45, 2.75) is 33.6 Å². The monoisotopic (exact) mass is 150 g/mol. The van der Waals surface area contributed by atoms with Gasteiger partial charge in [0.25, 0.3) is 0 Å². The first-order valence-corrected chi connectivity index (χ1v) is 4.24. The SMILES string of the molecule is C/C=C\C=C(/C)C/C=C\CC. The van der Waals surface area contributed by atoms with E-state index >= 15 is 0 Å². The first-order chi connectivity index (χ1) is 5.31. The third-order valence-electron chi connectivity index (χ3n) is 1.42. The molecule has 0 radical (unpaired) electrons. The Balaban J connectivity index is 3.67. The van der Waals surface area contributed by atoms with Crippen molar-refractivity contribution in [1.82, 2.24) is 0 Å². The van der Waals surface area contributed by atoms with Crippen molar-refractivity contribution in [3.8, 4) is 0 Å². The van der Waals surface area contributed by atoms with Crippen molar-refractivity contribution < 1.29 is 0 Å². The average Bonchev–Trinajstić information content (AvgIpc) is 2.01. The van der Waals surface area contributed by atoms with Gasteiger partial charge in [-0.25, -0.2) is 0 Å². The predicted molar refractivity (Wildman–Crippen MR) is 52.6 cm³/mol. The highest BCUT2D eigenvalue weighted by Gasteiger charge is 1.80. The van der Waals surface area contributed by atoms with E-state index in [4.69, 9.17) is 0 Å². The zero-order valence-corrected chi connectivity index (χ0v) is 7.80. The number of allylic oxidation sites excluding steroid dienone is 6. The van der Waals surface area contributed by atoms with Crippen LogP contribution in [0.1, 0.15) is 33.6 Å². The van der Waals surface area contributed by atoms with Gasteiger partial charge in [-0.15, -0.1) is 0 Å². The van der Waals surface area contributed by atoms with Gasteiger partial charge < -0.3 is 0 Å². The van der Waals surface area contributed by atoms with Crippen molar-refractivity contribution in [3.63, 3.8) is 0 Å². The van der Waals surface area contributed by atoms with Crippen molar-refractivity contribution >= 4 is 0 Å². The third kappa shape index (κ3) is 7.11. The molecule has 0 aliphatic rings. The summed E-state index contributed by atoms with van der Waals surface area (Å²) in [5.74, 6) is 0. The molecule has 0 spiro atoms. The quantitative estimate of drug-likeness (QED) is 0.421. The summed E-state index contributed by atoms with van der Waals surface area (Å²) >= 11 is 0. The Morgan fingerprint density at radius 1 is 1.27 bits per heavy atom. The molecule has 0 unspecified atom stereocenters. The summed E-state index contributed by atoms with van der Waals surface area (Å²) in [6.45, 7) is 6.34. The maximum Gasteiger partial charge on any atom is -0.0138 e. The predicted octanol–water partition coefficient (Wildman–Crippen LogP) is 3.87. The molecule has 62 valence electrons. The summed E-state index contributed by atoms with van der Waals surface area (Å²) in [6, 6.07) is 0. The molecule has 0 saturated heterocycles. The average molecular weight is 150 g/mol. The smallest absolute Gasteiger partial charge is 0.0138 e. The van der Waals surface area contributed by atoms with Gasteiger partial charge in [0.15, 0.2) is 0 Å². The van der Waals surface area contributed by atoms with E-state index in [-0.39, 0.29) is 0 Å². The molecule has 0 aliphatic carbocycles. The molecule has 0 N–H and O–H groups in total. The van der Waals surface area contributed by atoms with Crippen molar-refractivity contribution in [2.24, 2.45) is 0 Å². The van der Waals surface area contributed by atoms with E-state index < -0.39 is 0 Å². The Hall–Kier alpha value is -0.780. The maximum absolute atomic E-state index is 2.22. The Morgan fingerprint density at radius 2 is 2.00 bits per heavy atom. The largest absolute Gasteiger partial charge is 0.0885 e. The zero-order chi connectivity index (χ0) is 8.53. The molecule has 0 bridgehead atoms. The normalized spacial score (nSPS) is 13.5. The van der Waals surface area contributed by atoms with Crippen LogP contribution in [-0.4, -0.2) is 0 Å². The Morgan fingerprint density at radius 3 is 2.55 bits per heavy atom. The maximum atomic E-state index is 2.22. The Bertz CT molecular complexity index is 159. The summed E-state index contributed by atoms with van der Waals surface area (Å²) in [5.41, 5.74) is 1.41. The van der Waals surface area contributed by atoms with Gasteiger partial charge >= 0.3 is 0 Å². The van der Waals surface area contributed by atoms with Gasteiger partial charge in [-0.05, 0) is 26.7 Å². The number of hydrogen-bond donors (Lipinski definition) is 0. The molecule has 0 heteroatoms. The van der Waals surface area contributed by atoms with E-state index in [0.717, 1.165) is 12.8 Å². The van der Waals surface area contributed by atoms with Crippen LogP contribution in [0.25, 0.3) is 0 Å².